The molecule has 5 heteroatoms. The van der Waals surface area contributed by atoms with Gasteiger partial charge in [0.15, 0.2) is 0 Å². The zero-order chi connectivity index (χ0) is 11.7. The average molecular weight is 354 g/mol. The number of carboxylic acids is 2. The van der Waals surface area contributed by atoms with Crippen LogP contribution in [-0.4, -0.2) is 71.0 Å². The van der Waals surface area contributed by atoms with E-state index in [4.69, 9.17) is 10.2 Å². The second kappa shape index (κ2) is 5.70. The smallest absolute Gasteiger partial charge is 0.337 e. The number of carbonyl (C=O) groups is 2. The van der Waals surface area contributed by atoms with Gasteiger partial charge in [0.2, 0.25) is 0 Å². The van der Waals surface area contributed by atoms with E-state index in [0.29, 0.717) is 10.8 Å². The summed E-state index contributed by atoms with van der Waals surface area (Å²) in [6.45, 7) is 0. The van der Waals surface area contributed by atoms with Crippen LogP contribution in [0, 0.1) is 0 Å². The van der Waals surface area contributed by atoms with Crippen molar-refractivity contribution in [1.82, 2.24) is 0 Å². The Balaban J connectivity index is 0.00000144. The van der Waals surface area contributed by atoms with Crippen molar-refractivity contribution in [2.45, 2.75) is 0 Å². The summed E-state index contributed by atoms with van der Waals surface area (Å²) < 4.78 is 0. The Bertz CT molecular complexity index is 592. The molecule has 0 aliphatic heterocycles. The van der Waals surface area contributed by atoms with Gasteiger partial charge in [-0.2, -0.15) is 0 Å². The largest absolute Gasteiger partial charge is 0.478 e. The molecule has 0 atom stereocenters. The van der Waals surface area contributed by atoms with Gasteiger partial charge in [-0.15, -0.1) is 0 Å². The van der Waals surface area contributed by atoms with E-state index in [2.05, 4.69) is 0 Å². The van der Waals surface area contributed by atoms with Crippen LogP contribution in [0.4, 0.5) is 0 Å². The van der Waals surface area contributed by atoms with Crippen molar-refractivity contribution >= 4 is 71.6 Å². The van der Waals surface area contributed by atoms with Gasteiger partial charge in [-0.25, -0.2) is 9.59 Å². The first kappa shape index (κ1) is 14.3. The first-order chi connectivity index (χ1) is 7.61. The van der Waals surface area contributed by atoms with Gasteiger partial charge in [0.05, 0.1) is 11.1 Å². The molecule has 0 saturated carbocycles. The second-order valence-electron chi connectivity index (χ2n) is 3.32. The summed E-state index contributed by atoms with van der Waals surface area (Å²) in [6.07, 6.45) is 0. The van der Waals surface area contributed by atoms with Crippen molar-refractivity contribution in [3.8, 4) is 0 Å². The zero-order valence-electron chi connectivity index (χ0n) is 8.88. The quantitative estimate of drug-likeness (QED) is 0.808. The first-order valence-corrected chi connectivity index (χ1v) is 4.59. The summed E-state index contributed by atoms with van der Waals surface area (Å²) in [7, 11) is 0. The van der Waals surface area contributed by atoms with E-state index in [-0.39, 0.29) is 60.0 Å². The van der Waals surface area contributed by atoms with E-state index in [9.17, 15) is 9.59 Å². The monoisotopic (exact) mass is 354 g/mol. The Morgan fingerprint density at radius 3 is 2.12 bits per heavy atom. The molecule has 2 rings (SSSR count). The van der Waals surface area contributed by atoms with Crippen LogP contribution in [0.3, 0.4) is 0 Å². The van der Waals surface area contributed by atoms with Crippen molar-refractivity contribution in [2.24, 2.45) is 0 Å². The fraction of sp³-hybridized carbons (Fsp3) is 0. The fourth-order valence-corrected chi connectivity index (χ4v) is 1.68. The molecule has 0 unspecified atom stereocenters. The average Bonchev–Trinajstić information content (AvgIpc) is 2.27. The molecule has 2 aromatic rings. The molecule has 0 saturated heterocycles. The van der Waals surface area contributed by atoms with Crippen LogP contribution in [0.15, 0.2) is 36.4 Å². The van der Waals surface area contributed by atoms with Crippen molar-refractivity contribution in [3.63, 3.8) is 0 Å². The first-order valence-electron chi connectivity index (χ1n) is 4.59. The molecule has 0 aliphatic carbocycles. The minimum atomic E-state index is -1.23. The van der Waals surface area contributed by atoms with Crippen molar-refractivity contribution in [3.05, 3.63) is 47.5 Å². The van der Waals surface area contributed by atoms with Crippen LogP contribution >= 0.6 is 0 Å². The maximum Gasteiger partial charge on any atom is 0.337 e. The Kier molecular flexibility index (Phi) is 4.79. The molecule has 4 nitrogen and oxygen atoms in total. The van der Waals surface area contributed by atoms with E-state index in [1.54, 1.807) is 30.3 Å². The Morgan fingerprint density at radius 1 is 0.882 bits per heavy atom. The molecule has 0 spiro atoms. The summed E-state index contributed by atoms with van der Waals surface area (Å²) in [4.78, 5) is 22.0. The summed E-state index contributed by atoms with van der Waals surface area (Å²) >= 11 is 0. The van der Waals surface area contributed by atoms with E-state index >= 15 is 0 Å². The van der Waals surface area contributed by atoms with Crippen LogP contribution in [0.5, 0.6) is 0 Å². The number of fused-ring (bicyclic) bond motifs is 1. The standard InChI is InChI=1S/C12H8O4.Ba/c13-11(14)9-6-5-7-3-1-2-4-8(7)10(9)12(15)16;/h1-6H,(H,13,14)(H,15,16);. The maximum absolute atomic E-state index is 11.1. The number of carboxylic acid groups (broad SMARTS) is 2. The number of rotatable bonds is 2. The minimum Gasteiger partial charge on any atom is -0.478 e. The van der Waals surface area contributed by atoms with Gasteiger partial charge < -0.3 is 10.2 Å². The van der Waals surface area contributed by atoms with Crippen molar-refractivity contribution < 1.29 is 19.8 Å². The Labute approximate surface area is 137 Å². The number of hydrogen-bond donors (Lipinski definition) is 2. The van der Waals surface area contributed by atoms with E-state index < -0.39 is 11.9 Å². The predicted octanol–water partition coefficient (Wildman–Crippen LogP) is 1.86. The number of benzene rings is 2. The summed E-state index contributed by atoms with van der Waals surface area (Å²) in [5, 5.41) is 19.1. The van der Waals surface area contributed by atoms with Gasteiger partial charge in [-0.05, 0) is 16.8 Å². The number of hydrogen-bond acceptors (Lipinski definition) is 2. The SMILES string of the molecule is O=C(O)c1ccc2ccccc2c1C(=O)O.[Ba]. The van der Waals surface area contributed by atoms with Crippen LogP contribution in [0.1, 0.15) is 20.7 Å². The van der Waals surface area contributed by atoms with Gasteiger partial charge in [0.1, 0.15) is 0 Å². The normalized spacial score (nSPS) is 9.65. The molecule has 0 amide bonds. The molecule has 2 aromatic carbocycles. The fourth-order valence-electron chi connectivity index (χ4n) is 1.68. The van der Waals surface area contributed by atoms with Crippen LogP contribution < -0.4 is 0 Å². The number of aromatic carboxylic acids is 2. The summed E-state index contributed by atoms with van der Waals surface area (Å²) in [6, 6.07) is 9.72. The van der Waals surface area contributed by atoms with E-state index in [0.717, 1.165) is 0 Å². The van der Waals surface area contributed by atoms with Crippen LogP contribution in [0.2, 0.25) is 0 Å². The van der Waals surface area contributed by atoms with Crippen molar-refractivity contribution in [2.75, 3.05) is 0 Å². The van der Waals surface area contributed by atoms with Gasteiger partial charge in [0.25, 0.3) is 0 Å². The van der Waals surface area contributed by atoms with Gasteiger partial charge in [-0.3, -0.25) is 0 Å². The molecule has 2 N–H and O–H groups in total. The molecule has 0 heterocycles. The molecule has 0 aliphatic rings. The summed E-state index contributed by atoms with van der Waals surface area (Å²) in [5.74, 6) is -2.46. The van der Waals surface area contributed by atoms with Crippen LogP contribution in [-0.2, 0) is 0 Å². The third kappa shape index (κ3) is 2.73. The van der Waals surface area contributed by atoms with Crippen LogP contribution in [0.25, 0.3) is 10.8 Å². The second-order valence-corrected chi connectivity index (χ2v) is 3.32. The molecular formula is C12H8BaO4. The van der Waals surface area contributed by atoms with Crippen molar-refractivity contribution in [1.29, 1.82) is 0 Å². The molecule has 0 aromatic heterocycles. The van der Waals surface area contributed by atoms with Gasteiger partial charge in [0, 0.05) is 48.9 Å². The zero-order valence-corrected chi connectivity index (χ0v) is 13.3. The maximum atomic E-state index is 11.1. The Hall–Kier alpha value is -0.789. The molecule has 0 fully saturated rings. The topological polar surface area (TPSA) is 74.6 Å². The molecule has 17 heavy (non-hydrogen) atoms. The predicted molar refractivity (Wildman–Crippen MR) is 63.6 cm³/mol. The molecule has 82 valence electrons. The third-order valence-corrected chi connectivity index (χ3v) is 2.37. The summed E-state index contributed by atoms with van der Waals surface area (Å²) in [5.41, 5.74) is -0.350. The van der Waals surface area contributed by atoms with Gasteiger partial charge in [-0.1, -0.05) is 30.3 Å². The third-order valence-electron chi connectivity index (χ3n) is 2.37. The molecule has 2 radical (unpaired) electrons. The molecular weight excluding hydrogens is 345 g/mol. The van der Waals surface area contributed by atoms with E-state index in [1.807, 2.05) is 0 Å². The van der Waals surface area contributed by atoms with E-state index in [1.165, 1.54) is 6.07 Å². The Morgan fingerprint density at radius 2 is 1.53 bits per heavy atom. The molecule has 0 bridgehead atoms. The van der Waals surface area contributed by atoms with Gasteiger partial charge >= 0.3 is 11.9 Å². The minimum absolute atomic E-state index is 0.